The minimum atomic E-state index is -0.974. The van der Waals surface area contributed by atoms with Crippen molar-refractivity contribution in [3.8, 4) is 0 Å². The Labute approximate surface area is 115 Å². The van der Waals surface area contributed by atoms with Gasteiger partial charge in [-0.1, -0.05) is 5.21 Å². The Morgan fingerprint density at radius 1 is 1.50 bits per heavy atom. The lowest BCUT2D eigenvalue weighted by Gasteiger charge is -2.18. The van der Waals surface area contributed by atoms with Gasteiger partial charge in [0.15, 0.2) is 0 Å². The highest BCUT2D eigenvalue weighted by Crippen LogP contribution is 2.33. The van der Waals surface area contributed by atoms with Gasteiger partial charge >= 0.3 is 5.97 Å². The van der Waals surface area contributed by atoms with Gasteiger partial charge in [0, 0.05) is 12.1 Å². The summed E-state index contributed by atoms with van der Waals surface area (Å²) in [6.07, 6.45) is 4.67. The second-order valence-corrected chi connectivity index (χ2v) is 5.41. The molecular formula is C12H17N5O3. The normalized spacial score (nSPS) is 27.7. The van der Waals surface area contributed by atoms with Crippen LogP contribution in [0.3, 0.4) is 0 Å². The Morgan fingerprint density at radius 2 is 2.35 bits per heavy atom. The molecule has 1 aromatic heterocycles. The van der Waals surface area contributed by atoms with E-state index in [1.807, 2.05) is 0 Å². The van der Waals surface area contributed by atoms with Crippen LogP contribution >= 0.6 is 0 Å². The Morgan fingerprint density at radius 3 is 3.00 bits per heavy atom. The van der Waals surface area contributed by atoms with Crippen molar-refractivity contribution in [1.82, 2.24) is 25.6 Å². The summed E-state index contributed by atoms with van der Waals surface area (Å²) in [7, 11) is 0. The molecule has 2 bridgehead atoms. The molecule has 0 aliphatic carbocycles. The van der Waals surface area contributed by atoms with Gasteiger partial charge in [0.1, 0.15) is 12.2 Å². The highest BCUT2D eigenvalue weighted by atomic mass is 16.4. The molecule has 1 aromatic rings. The van der Waals surface area contributed by atoms with Gasteiger partial charge < -0.3 is 15.7 Å². The van der Waals surface area contributed by atoms with Gasteiger partial charge in [-0.2, -0.15) is 0 Å². The van der Waals surface area contributed by atoms with Crippen LogP contribution in [0.15, 0.2) is 6.20 Å². The summed E-state index contributed by atoms with van der Waals surface area (Å²) in [6, 6.07) is 0.801. The van der Waals surface area contributed by atoms with Crippen molar-refractivity contribution in [1.29, 1.82) is 0 Å². The second-order valence-electron chi connectivity index (χ2n) is 5.41. The molecule has 0 spiro atoms. The van der Waals surface area contributed by atoms with Crippen molar-refractivity contribution in [2.75, 3.05) is 0 Å². The highest BCUT2D eigenvalue weighted by Gasteiger charge is 2.42. The Kier molecular flexibility index (Phi) is 3.39. The average Bonchev–Trinajstić information content (AvgIpc) is 3.11. The molecule has 1 amide bonds. The van der Waals surface area contributed by atoms with E-state index < -0.39 is 5.97 Å². The van der Waals surface area contributed by atoms with E-state index in [4.69, 9.17) is 5.11 Å². The van der Waals surface area contributed by atoms with Gasteiger partial charge in [0.2, 0.25) is 5.91 Å². The van der Waals surface area contributed by atoms with E-state index in [1.54, 1.807) is 0 Å². The van der Waals surface area contributed by atoms with Gasteiger partial charge in [-0.3, -0.25) is 9.59 Å². The molecule has 3 N–H and O–H groups in total. The van der Waals surface area contributed by atoms with E-state index in [0.717, 1.165) is 19.3 Å². The van der Waals surface area contributed by atoms with Crippen molar-refractivity contribution in [2.45, 2.75) is 44.4 Å². The van der Waals surface area contributed by atoms with E-state index in [1.165, 1.54) is 10.9 Å². The minimum Gasteiger partial charge on any atom is -0.480 e. The SMILES string of the molecule is O=C(O)Cn1cc(CNC(=O)C2CC3CCC2N3)nn1. The number of amides is 1. The predicted molar refractivity (Wildman–Crippen MR) is 67.6 cm³/mol. The van der Waals surface area contributed by atoms with E-state index in [2.05, 4.69) is 20.9 Å². The van der Waals surface area contributed by atoms with E-state index >= 15 is 0 Å². The number of aromatic nitrogens is 3. The van der Waals surface area contributed by atoms with Crippen LogP contribution in [0.25, 0.3) is 0 Å². The van der Waals surface area contributed by atoms with Crippen LogP contribution < -0.4 is 10.6 Å². The maximum Gasteiger partial charge on any atom is 0.325 e. The molecule has 0 aromatic carbocycles. The summed E-state index contributed by atoms with van der Waals surface area (Å²) in [5, 5.41) is 22.4. The van der Waals surface area contributed by atoms with Crippen LogP contribution in [-0.2, 0) is 22.7 Å². The molecule has 20 heavy (non-hydrogen) atoms. The van der Waals surface area contributed by atoms with Gasteiger partial charge in [-0.25, -0.2) is 4.68 Å². The average molecular weight is 279 g/mol. The summed E-state index contributed by atoms with van der Waals surface area (Å²) in [4.78, 5) is 22.6. The number of carboxylic acids is 1. The Balaban J connectivity index is 1.50. The molecule has 8 heteroatoms. The molecule has 3 atom stereocenters. The van der Waals surface area contributed by atoms with Crippen molar-refractivity contribution in [3.05, 3.63) is 11.9 Å². The number of nitrogens with one attached hydrogen (secondary N) is 2. The van der Waals surface area contributed by atoms with Gasteiger partial charge in [-0.05, 0) is 19.3 Å². The smallest absolute Gasteiger partial charge is 0.325 e. The van der Waals surface area contributed by atoms with Gasteiger partial charge in [0.05, 0.1) is 18.7 Å². The lowest BCUT2D eigenvalue weighted by atomic mass is 9.88. The van der Waals surface area contributed by atoms with E-state index in [-0.39, 0.29) is 24.9 Å². The first kappa shape index (κ1) is 13.0. The van der Waals surface area contributed by atoms with Gasteiger partial charge in [0.25, 0.3) is 0 Å². The molecule has 2 aliphatic rings. The number of nitrogens with zero attached hydrogens (tertiary/aromatic N) is 3. The lowest BCUT2D eigenvalue weighted by molar-refractivity contribution is -0.138. The molecule has 8 nitrogen and oxygen atoms in total. The highest BCUT2D eigenvalue weighted by molar-refractivity contribution is 5.80. The van der Waals surface area contributed by atoms with Crippen LogP contribution in [0.4, 0.5) is 0 Å². The molecule has 108 valence electrons. The molecular weight excluding hydrogens is 262 g/mol. The fraction of sp³-hybridized carbons (Fsp3) is 0.667. The number of carbonyl (C=O) groups is 2. The molecule has 2 saturated heterocycles. The number of rotatable bonds is 5. The number of hydrogen-bond donors (Lipinski definition) is 3. The molecule has 2 aliphatic heterocycles. The molecule has 3 rings (SSSR count). The van der Waals surface area contributed by atoms with E-state index in [9.17, 15) is 9.59 Å². The second kappa shape index (κ2) is 5.20. The molecule has 0 radical (unpaired) electrons. The number of carboxylic acid groups (broad SMARTS) is 1. The monoisotopic (exact) mass is 279 g/mol. The summed E-state index contributed by atoms with van der Waals surface area (Å²) in [5.74, 6) is -0.890. The largest absolute Gasteiger partial charge is 0.480 e. The third-order valence-electron chi connectivity index (χ3n) is 3.96. The molecule has 0 saturated carbocycles. The van der Waals surface area contributed by atoms with Crippen LogP contribution in [-0.4, -0.2) is 44.1 Å². The first-order valence-electron chi connectivity index (χ1n) is 6.76. The zero-order valence-electron chi connectivity index (χ0n) is 11.0. The van der Waals surface area contributed by atoms with E-state index in [0.29, 0.717) is 17.8 Å². The van der Waals surface area contributed by atoms with Crippen molar-refractivity contribution in [3.63, 3.8) is 0 Å². The summed E-state index contributed by atoms with van der Waals surface area (Å²) in [5.41, 5.74) is 0.565. The standard InChI is InChI=1S/C12H17N5O3/c18-11(19)6-17-5-8(15-16-17)4-13-12(20)9-3-7-1-2-10(9)14-7/h5,7,9-10,14H,1-4,6H2,(H,13,20)(H,18,19). The lowest BCUT2D eigenvalue weighted by Crippen LogP contribution is -2.37. The molecule has 3 heterocycles. The maximum atomic E-state index is 12.1. The third kappa shape index (κ3) is 2.64. The Bertz CT molecular complexity index is 529. The zero-order chi connectivity index (χ0) is 14.1. The predicted octanol–water partition coefficient (Wildman–Crippen LogP) is -0.881. The van der Waals surface area contributed by atoms with Crippen molar-refractivity contribution < 1.29 is 14.7 Å². The number of carbonyl (C=O) groups excluding carboxylic acids is 1. The summed E-state index contributed by atoms with van der Waals surface area (Å²) in [6.45, 7) is 0.0591. The summed E-state index contributed by atoms with van der Waals surface area (Å²) >= 11 is 0. The van der Waals surface area contributed by atoms with Gasteiger partial charge in [-0.15, -0.1) is 5.10 Å². The minimum absolute atomic E-state index is 0.0393. The quantitative estimate of drug-likeness (QED) is 0.646. The molecule has 3 unspecified atom stereocenters. The Hall–Kier alpha value is -1.96. The first-order chi connectivity index (χ1) is 9.61. The molecule has 2 fully saturated rings. The van der Waals surface area contributed by atoms with Crippen molar-refractivity contribution in [2.24, 2.45) is 5.92 Å². The fourth-order valence-corrected chi connectivity index (χ4v) is 3.06. The van der Waals surface area contributed by atoms with Crippen LogP contribution in [0.1, 0.15) is 25.0 Å². The maximum absolute atomic E-state index is 12.1. The van der Waals surface area contributed by atoms with Crippen LogP contribution in [0, 0.1) is 5.92 Å². The number of aliphatic carboxylic acids is 1. The topological polar surface area (TPSA) is 109 Å². The zero-order valence-corrected chi connectivity index (χ0v) is 11.0. The number of hydrogen-bond acceptors (Lipinski definition) is 5. The number of fused-ring (bicyclic) bond motifs is 2. The summed E-state index contributed by atoms with van der Waals surface area (Å²) < 4.78 is 1.24. The first-order valence-corrected chi connectivity index (χ1v) is 6.76. The van der Waals surface area contributed by atoms with Crippen molar-refractivity contribution >= 4 is 11.9 Å². The van der Waals surface area contributed by atoms with Crippen LogP contribution in [0.2, 0.25) is 0 Å². The fourth-order valence-electron chi connectivity index (χ4n) is 3.06. The van der Waals surface area contributed by atoms with Crippen LogP contribution in [0.5, 0.6) is 0 Å². The third-order valence-corrected chi connectivity index (χ3v) is 3.96.